The Morgan fingerprint density at radius 3 is 2.63 bits per heavy atom. The lowest BCUT2D eigenvalue weighted by Crippen LogP contribution is -2.23. The molecule has 1 aromatic heterocycles. The second kappa shape index (κ2) is 8.78. The van der Waals surface area contributed by atoms with Crippen molar-refractivity contribution in [1.82, 2.24) is 9.88 Å². The van der Waals surface area contributed by atoms with E-state index in [0.717, 1.165) is 37.3 Å². The third-order valence-corrected chi connectivity index (χ3v) is 7.35. The first-order valence-corrected chi connectivity index (χ1v) is 11.6. The monoisotopic (exact) mass is 417 g/mol. The van der Waals surface area contributed by atoms with Crippen LogP contribution < -0.4 is 0 Å². The molecule has 1 aliphatic rings. The van der Waals surface area contributed by atoms with Crippen molar-refractivity contribution in [2.45, 2.75) is 17.9 Å². The lowest BCUT2D eigenvalue weighted by molar-refractivity contribution is 0.320. The molecule has 4 rings (SSSR count). The van der Waals surface area contributed by atoms with Crippen molar-refractivity contribution in [3.8, 4) is 17.3 Å². The number of rotatable bonds is 6. The number of benzene rings is 2. The van der Waals surface area contributed by atoms with Crippen molar-refractivity contribution < 1.29 is 8.42 Å². The van der Waals surface area contributed by atoms with Gasteiger partial charge in [0.15, 0.2) is 9.84 Å². The van der Waals surface area contributed by atoms with Crippen LogP contribution in [0.15, 0.2) is 77.8 Å². The van der Waals surface area contributed by atoms with Crippen LogP contribution in [-0.2, 0) is 16.4 Å². The molecule has 2 heterocycles. The molecule has 3 aromatic rings. The van der Waals surface area contributed by atoms with E-state index >= 15 is 0 Å². The highest BCUT2D eigenvalue weighted by molar-refractivity contribution is 7.91. The molecule has 0 saturated carbocycles. The zero-order chi connectivity index (χ0) is 21.0. The Morgan fingerprint density at radius 2 is 1.90 bits per heavy atom. The predicted molar refractivity (Wildman–Crippen MR) is 116 cm³/mol. The van der Waals surface area contributed by atoms with Gasteiger partial charge in [-0.2, -0.15) is 5.26 Å². The SMILES string of the molecule is N#Cc1cccc(S(=O)(=O)C[C@@H]2CCN(Cc3ccc(-c4ccccn4)cc3)C2)c1. The van der Waals surface area contributed by atoms with Crippen LogP contribution >= 0.6 is 0 Å². The average molecular weight is 418 g/mol. The smallest absolute Gasteiger partial charge is 0.178 e. The number of hydrogen-bond donors (Lipinski definition) is 0. The third-order valence-electron chi connectivity index (χ3n) is 5.47. The van der Waals surface area contributed by atoms with Gasteiger partial charge >= 0.3 is 0 Å². The third kappa shape index (κ3) is 4.76. The summed E-state index contributed by atoms with van der Waals surface area (Å²) in [6, 6.07) is 22.6. The van der Waals surface area contributed by atoms with E-state index in [-0.39, 0.29) is 16.6 Å². The quantitative estimate of drug-likeness (QED) is 0.608. The summed E-state index contributed by atoms with van der Waals surface area (Å²) in [4.78, 5) is 6.92. The van der Waals surface area contributed by atoms with Crippen LogP contribution in [0.5, 0.6) is 0 Å². The van der Waals surface area contributed by atoms with Crippen LogP contribution in [0.1, 0.15) is 17.5 Å². The van der Waals surface area contributed by atoms with E-state index in [2.05, 4.69) is 34.1 Å². The summed E-state index contributed by atoms with van der Waals surface area (Å²) in [6.07, 6.45) is 2.65. The molecular weight excluding hydrogens is 394 g/mol. The molecule has 1 saturated heterocycles. The van der Waals surface area contributed by atoms with Gasteiger partial charge in [-0.1, -0.05) is 36.4 Å². The predicted octanol–water partition coefficient (Wildman–Crippen LogP) is 3.92. The highest BCUT2D eigenvalue weighted by atomic mass is 32.2. The fourth-order valence-electron chi connectivity index (χ4n) is 3.93. The van der Waals surface area contributed by atoms with Crippen LogP contribution in [-0.4, -0.2) is 37.1 Å². The maximum Gasteiger partial charge on any atom is 0.178 e. The van der Waals surface area contributed by atoms with Crippen LogP contribution in [0.3, 0.4) is 0 Å². The lowest BCUT2D eigenvalue weighted by atomic mass is 10.1. The van der Waals surface area contributed by atoms with Crippen LogP contribution in [0.4, 0.5) is 0 Å². The molecule has 1 atom stereocenters. The molecule has 0 N–H and O–H groups in total. The van der Waals surface area contributed by atoms with Crippen molar-refractivity contribution in [2.24, 2.45) is 5.92 Å². The van der Waals surface area contributed by atoms with Crippen molar-refractivity contribution in [2.75, 3.05) is 18.8 Å². The molecule has 5 nitrogen and oxygen atoms in total. The van der Waals surface area contributed by atoms with Crippen LogP contribution in [0.25, 0.3) is 11.3 Å². The van der Waals surface area contributed by atoms with Gasteiger partial charge in [0.05, 0.1) is 28.0 Å². The molecule has 0 bridgehead atoms. The van der Waals surface area contributed by atoms with Gasteiger partial charge in [-0.3, -0.25) is 9.88 Å². The Kier molecular flexibility index (Phi) is 5.93. The molecule has 30 heavy (non-hydrogen) atoms. The fourth-order valence-corrected chi connectivity index (χ4v) is 5.61. The first kappa shape index (κ1) is 20.3. The molecular formula is C24H23N3O2S. The van der Waals surface area contributed by atoms with E-state index in [0.29, 0.717) is 5.56 Å². The van der Waals surface area contributed by atoms with Gasteiger partial charge in [0.1, 0.15) is 0 Å². The van der Waals surface area contributed by atoms with E-state index in [1.165, 1.54) is 11.6 Å². The summed E-state index contributed by atoms with van der Waals surface area (Å²) in [6.45, 7) is 2.46. The van der Waals surface area contributed by atoms with Gasteiger partial charge in [0.25, 0.3) is 0 Å². The summed E-state index contributed by atoms with van der Waals surface area (Å²) >= 11 is 0. The van der Waals surface area contributed by atoms with Gasteiger partial charge in [-0.15, -0.1) is 0 Å². The minimum atomic E-state index is -3.39. The molecule has 6 heteroatoms. The Labute approximate surface area is 177 Å². The molecule has 1 fully saturated rings. The molecule has 0 aliphatic carbocycles. The minimum Gasteiger partial charge on any atom is -0.299 e. The molecule has 1 aliphatic heterocycles. The average Bonchev–Trinajstić information content (AvgIpc) is 3.21. The molecule has 0 radical (unpaired) electrons. The van der Waals surface area contributed by atoms with Crippen molar-refractivity contribution >= 4 is 9.84 Å². The second-order valence-electron chi connectivity index (χ2n) is 7.72. The Bertz CT molecular complexity index is 1150. The largest absolute Gasteiger partial charge is 0.299 e. The summed E-state index contributed by atoms with van der Waals surface area (Å²) < 4.78 is 25.5. The number of likely N-dealkylation sites (tertiary alicyclic amines) is 1. The maximum absolute atomic E-state index is 12.8. The normalized spacial score (nSPS) is 17.0. The van der Waals surface area contributed by atoms with Crippen LogP contribution in [0.2, 0.25) is 0 Å². The summed E-state index contributed by atoms with van der Waals surface area (Å²) in [7, 11) is -3.39. The van der Waals surface area contributed by atoms with Gasteiger partial charge in [-0.05, 0) is 54.8 Å². The topological polar surface area (TPSA) is 74.1 Å². The zero-order valence-corrected chi connectivity index (χ0v) is 17.4. The highest BCUT2D eigenvalue weighted by Gasteiger charge is 2.28. The molecule has 152 valence electrons. The minimum absolute atomic E-state index is 0.105. The number of hydrogen-bond acceptors (Lipinski definition) is 5. The van der Waals surface area contributed by atoms with Crippen molar-refractivity contribution in [1.29, 1.82) is 5.26 Å². The van der Waals surface area contributed by atoms with Crippen molar-refractivity contribution in [3.63, 3.8) is 0 Å². The number of pyridine rings is 1. The first-order chi connectivity index (χ1) is 14.5. The van der Waals surface area contributed by atoms with Gasteiger partial charge in [-0.25, -0.2) is 8.42 Å². The Hall–Kier alpha value is -3.01. The van der Waals surface area contributed by atoms with Crippen molar-refractivity contribution in [3.05, 3.63) is 84.1 Å². The maximum atomic E-state index is 12.8. The number of sulfone groups is 1. The molecule has 0 amide bonds. The van der Waals surface area contributed by atoms with E-state index in [9.17, 15) is 8.42 Å². The van der Waals surface area contributed by atoms with Gasteiger partial charge in [0.2, 0.25) is 0 Å². The summed E-state index contributed by atoms with van der Waals surface area (Å²) in [5.74, 6) is 0.227. The standard InChI is InChI=1S/C24H23N3O2S/c25-15-20-4-3-5-23(14-20)30(28,29)18-21-11-13-27(17-21)16-19-7-9-22(10-8-19)24-6-1-2-12-26-24/h1-10,12,14,21H,11,13,16-18H2/t21-/m1/s1. The lowest BCUT2D eigenvalue weighted by Gasteiger charge is -2.16. The first-order valence-electron chi connectivity index (χ1n) is 9.99. The molecule has 0 unspecified atom stereocenters. The zero-order valence-electron chi connectivity index (χ0n) is 16.6. The number of nitrogens with zero attached hydrogens (tertiary/aromatic N) is 3. The van der Waals surface area contributed by atoms with Gasteiger partial charge in [0, 0.05) is 24.8 Å². The summed E-state index contributed by atoms with van der Waals surface area (Å²) in [5.41, 5.74) is 3.62. The van der Waals surface area contributed by atoms with E-state index in [4.69, 9.17) is 5.26 Å². The molecule has 0 spiro atoms. The summed E-state index contributed by atoms with van der Waals surface area (Å²) in [5, 5.41) is 9.01. The Morgan fingerprint density at radius 1 is 1.07 bits per heavy atom. The second-order valence-corrected chi connectivity index (χ2v) is 9.76. The Balaban J connectivity index is 1.36. The fraction of sp³-hybridized carbons (Fsp3) is 0.250. The molecule has 2 aromatic carbocycles. The number of aromatic nitrogens is 1. The highest BCUT2D eigenvalue weighted by Crippen LogP contribution is 2.24. The van der Waals surface area contributed by atoms with Crippen LogP contribution in [0, 0.1) is 17.2 Å². The van der Waals surface area contributed by atoms with E-state index in [1.807, 2.05) is 24.3 Å². The van der Waals surface area contributed by atoms with Gasteiger partial charge < -0.3 is 0 Å². The number of nitriles is 1. The van der Waals surface area contributed by atoms with E-state index < -0.39 is 9.84 Å². The van der Waals surface area contributed by atoms with E-state index in [1.54, 1.807) is 24.4 Å².